The van der Waals surface area contributed by atoms with E-state index in [0.717, 1.165) is 25.7 Å². The van der Waals surface area contributed by atoms with E-state index in [1.165, 1.54) is 0 Å². The van der Waals surface area contributed by atoms with Crippen molar-refractivity contribution in [3.8, 4) is 0 Å². The van der Waals surface area contributed by atoms with Gasteiger partial charge >= 0.3 is 11.9 Å². The van der Waals surface area contributed by atoms with Gasteiger partial charge in [0.15, 0.2) is 0 Å². The molecule has 0 saturated heterocycles. The first-order valence-electron chi connectivity index (χ1n) is 12.3. The molecule has 0 aliphatic carbocycles. The molecule has 0 aliphatic rings. The zero-order valence-electron chi connectivity index (χ0n) is 21.8. The van der Waals surface area contributed by atoms with E-state index < -0.39 is 11.9 Å². The topological polar surface area (TPSA) is 115 Å². The molecule has 6 heteroatoms. The minimum atomic E-state index is -0.879. The maximum Gasteiger partial charge on any atom is 0.335 e. The van der Waals surface area contributed by atoms with Crippen LogP contribution in [0.3, 0.4) is 0 Å². The maximum atomic E-state index is 10.2. The summed E-state index contributed by atoms with van der Waals surface area (Å²) >= 11 is 0. The average Bonchev–Trinajstić information content (AvgIpc) is 2.82. The molecule has 4 N–H and O–H groups in total. The lowest BCUT2D eigenvalue weighted by Crippen LogP contribution is -2.29. The van der Waals surface area contributed by atoms with Gasteiger partial charge in [-0.3, -0.25) is 0 Å². The van der Waals surface area contributed by atoms with E-state index in [9.17, 15) is 19.8 Å². The van der Waals surface area contributed by atoms with Gasteiger partial charge in [-0.1, -0.05) is 76.9 Å². The Bertz CT molecular complexity index is 753. The van der Waals surface area contributed by atoms with E-state index in [1.54, 1.807) is 60.7 Å². The van der Waals surface area contributed by atoms with Gasteiger partial charge in [-0.15, -0.1) is 0 Å². The first-order valence-corrected chi connectivity index (χ1v) is 12.3. The van der Waals surface area contributed by atoms with Gasteiger partial charge in [0.05, 0.1) is 17.2 Å². The maximum absolute atomic E-state index is 10.2. The van der Waals surface area contributed by atoms with Crippen LogP contribution in [0, 0.1) is 23.7 Å². The van der Waals surface area contributed by atoms with E-state index in [1.807, 2.05) is 6.92 Å². The minimum absolute atomic E-state index is 0.209. The Morgan fingerprint density at radius 1 is 0.657 bits per heavy atom. The lowest BCUT2D eigenvalue weighted by atomic mass is 9.80. The molecule has 0 bridgehead atoms. The monoisotopic (exact) mass is 488 g/mol. The summed E-state index contributed by atoms with van der Waals surface area (Å²) < 4.78 is 0. The Labute approximate surface area is 210 Å². The van der Waals surface area contributed by atoms with Crippen molar-refractivity contribution >= 4 is 11.9 Å². The highest BCUT2D eigenvalue weighted by molar-refractivity contribution is 5.87. The second kappa shape index (κ2) is 18.6. The normalized spacial score (nSPS) is 13.1. The number of rotatable bonds is 11. The zero-order chi connectivity index (χ0) is 26.8. The van der Waals surface area contributed by atoms with Crippen molar-refractivity contribution < 1.29 is 30.0 Å². The van der Waals surface area contributed by atoms with E-state index in [2.05, 4.69) is 27.7 Å². The van der Waals surface area contributed by atoms with Gasteiger partial charge in [0.2, 0.25) is 0 Å². The third-order valence-corrected chi connectivity index (χ3v) is 5.69. The molecule has 196 valence electrons. The molecule has 0 aliphatic heterocycles. The standard InChI is InChI=1S/C15H32O2.2C7H6O2/c1-11(2)6-8-14(10-16)15(13(5)17)9-7-12(3)4;2*8-7(9)6-4-2-1-3-5-6/h11-17H,6-10H2,1-5H3;2*1-5H,(H,8,9). The fraction of sp³-hybridized carbons (Fsp3) is 0.517. The van der Waals surface area contributed by atoms with Crippen LogP contribution in [-0.2, 0) is 0 Å². The van der Waals surface area contributed by atoms with Crippen LogP contribution in [0.1, 0.15) is 81.0 Å². The third kappa shape index (κ3) is 15.8. The molecule has 0 spiro atoms. The van der Waals surface area contributed by atoms with Gasteiger partial charge in [-0.05, 0) is 67.7 Å². The number of benzene rings is 2. The van der Waals surface area contributed by atoms with E-state index in [4.69, 9.17) is 10.2 Å². The predicted octanol–water partition coefficient (Wildman–Crippen LogP) is 6.23. The van der Waals surface area contributed by atoms with Crippen LogP contribution in [0.15, 0.2) is 60.7 Å². The Hall–Kier alpha value is -2.70. The fourth-order valence-corrected chi connectivity index (χ4v) is 3.55. The average molecular weight is 489 g/mol. The Balaban J connectivity index is 0.000000538. The summed E-state index contributed by atoms with van der Waals surface area (Å²) in [6.07, 6.45) is 4.02. The molecule has 3 unspecified atom stereocenters. The summed E-state index contributed by atoms with van der Waals surface area (Å²) in [5, 5.41) is 36.2. The van der Waals surface area contributed by atoms with Crippen molar-refractivity contribution in [2.45, 2.75) is 66.4 Å². The lowest BCUT2D eigenvalue weighted by Gasteiger charge is -2.29. The van der Waals surface area contributed by atoms with Crippen molar-refractivity contribution in [2.24, 2.45) is 23.7 Å². The molecule has 6 nitrogen and oxygen atoms in total. The Kier molecular flexibility index (Phi) is 17.2. The van der Waals surface area contributed by atoms with Crippen LogP contribution in [0.5, 0.6) is 0 Å². The van der Waals surface area contributed by atoms with Crippen LogP contribution in [-0.4, -0.2) is 45.1 Å². The van der Waals surface area contributed by atoms with Crippen LogP contribution in [0.2, 0.25) is 0 Å². The molecular weight excluding hydrogens is 444 g/mol. The van der Waals surface area contributed by atoms with Gasteiger partial charge < -0.3 is 20.4 Å². The summed E-state index contributed by atoms with van der Waals surface area (Å²) in [7, 11) is 0. The number of aliphatic hydroxyl groups excluding tert-OH is 2. The minimum Gasteiger partial charge on any atom is -0.478 e. The number of hydrogen-bond donors (Lipinski definition) is 4. The Morgan fingerprint density at radius 2 is 1.03 bits per heavy atom. The highest BCUT2D eigenvalue weighted by Crippen LogP contribution is 2.28. The number of aliphatic hydroxyl groups is 2. The van der Waals surface area contributed by atoms with Crippen molar-refractivity contribution in [1.29, 1.82) is 0 Å². The number of carboxylic acids is 2. The molecule has 2 aromatic carbocycles. The SMILES string of the molecule is CC(C)CCC(CO)C(CCC(C)C)C(C)O.O=C(O)c1ccccc1.O=C(O)c1ccccc1. The van der Waals surface area contributed by atoms with Gasteiger partial charge in [0.1, 0.15) is 0 Å². The molecule has 35 heavy (non-hydrogen) atoms. The molecule has 0 radical (unpaired) electrons. The van der Waals surface area contributed by atoms with Crippen LogP contribution >= 0.6 is 0 Å². The number of carboxylic acid groups (broad SMARTS) is 2. The smallest absolute Gasteiger partial charge is 0.335 e. The summed E-state index contributed by atoms with van der Waals surface area (Å²) in [4.78, 5) is 20.4. The molecular formula is C29H44O6. The molecule has 0 amide bonds. The Morgan fingerprint density at radius 3 is 1.29 bits per heavy atom. The number of hydrogen-bond acceptors (Lipinski definition) is 4. The van der Waals surface area contributed by atoms with Crippen molar-refractivity contribution in [3.05, 3.63) is 71.8 Å². The first kappa shape index (κ1) is 32.3. The quantitative estimate of drug-likeness (QED) is 0.298. The molecule has 3 atom stereocenters. The van der Waals surface area contributed by atoms with E-state index in [0.29, 0.717) is 23.0 Å². The van der Waals surface area contributed by atoms with Gasteiger partial charge in [-0.25, -0.2) is 9.59 Å². The van der Waals surface area contributed by atoms with Crippen molar-refractivity contribution in [3.63, 3.8) is 0 Å². The number of carbonyl (C=O) groups is 2. The molecule has 0 heterocycles. The predicted molar refractivity (Wildman–Crippen MR) is 141 cm³/mol. The summed E-state index contributed by atoms with van der Waals surface area (Å²) in [6, 6.07) is 16.6. The van der Waals surface area contributed by atoms with Crippen LogP contribution in [0.4, 0.5) is 0 Å². The molecule has 0 aromatic heterocycles. The van der Waals surface area contributed by atoms with Gasteiger partial charge in [-0.2, -0.15) is 0 Å². The van der Waals surface area contributed by atoms with Crippen LogP contribution < -0.4 is 0 Å². The first-order chi connectivity index (χ1) is 16.5. The summed E-state index contributed by atoms with van der Waals surface area (Å²) in [6.45, 7) is 10.9. The van der Waals surface area contributed by atoms with E-state index in [-0.39, 0.29) is 24.5 Å². The molecule has 2 rings (SSSR count). The zero-order valence-corrected chi connectivity index (χ0v) is 21.8. The van der Waals surface area contributed by atoms with Crippen molar-refractivity contribution in [1.82, 2.24) is 0 Å². The second-order valence-corrected chi connectivity index (χ2v) is 9.63. The fourth-order valence-electron chi connectivity index (χ4n) is 3.55. The third-order valence-electron chi connectivity index (χ3n) is 5.69. The molecule has 2 aromatic rings. The summed E-state index contributed by atoms with van der Waals surface area (Å²) in [5.41, 5.74) is 0.662. The second-order valence-electron chi connectivity index (χ2n) is 9.63. The summed E-state index contributed by atoms with van der Waals surface area (Å²) in [5.74, 6) is 0.0907. The highest BCUT2D eigenvalue weighted by Gasteiger charge is 2.25. The van der Waals surface area contributed by atoms with E-state index >= 15 is 0 Å². The molecule has 0 saturated carbocycles. The highest BCUT2D eigenvalue weighted by atomic mass is 16.4. The van der Waals surface area contributed by atoms with Gasteiger partial charge in [0, 0.05) is 6.61 Å². The number of aromatic carboxylic acids is 2. The lowest BCUT2D eigenvalue weighted by molar-refractivity contribution is 0.0457. The molecule has 0 fully saturated rings. The largest absolute Gasteiger partial charge is 0.478 e. The van der Waals surface area contributed by atoms with Crippen molar-refractivity contribution in [2.75, 3.05) is 6.61 Å². The van der Waals surface area contributed by atoms with Crippen LogP contribution in [0.25, 0.3) is 0 Å². The van der Waals surface area contributed by atoms with Gasteiger partial charge in [0.25, 0.3) is 0 Å².